The van der Waals surface area contributed by atoms with Crippen LogP contribution in [-0.4, -0.2) is 70.0 Å². The Kier molecular flexibility index (Phi) is 10.9. The van der Waals surface area contributed by atoms with Gasteiger partial charge in [0.1, 0.15) is 11.4 Å². The molecule has 1 amide bonds. The van der Waals surface area contributed by atoms with Crippen molar-refractivity contribution in [3.63, 3.8) is 0 Å². The van der Waals surface area contributed by atoms with Gasteiger partial charge in [-0.1, -0.05) is 13.8 Å². The summed E-state index contributed by atoms with van der Waals surface area (Å²) >= 11 is 0. The lowest BCUT2D eigenvalue weighted by molar-refractivity contribution is 0.0253. The number of hydrogen-bond donors (Lipinski definition) is 2. The van der Waals surface area contributed by atoms with E-state index in [1.54, 1.807) is 11.9 Å². The lowest BCUT2D eigenvalue weighted by atomic mass is 10.1. The zero-order chi connectivity index (χ0) is 21.4. The minimum Gasteiger partial charge on any atom is -0.444 e. The molecule has 0 radical (unpaired) electrons. The van der Waals surface area contributed by atoms with E-state index in [0.29, 0.717) is 19.6 Å². The molecule has 1 atom stereocenters. The maximum absolute atomic E-state index is 12.4. The quantitative estimate of drug-likeness (QED) is 0.317. The van der Waals surface area contributed by atoms with Crippen LogP contribution in [0.15, 0.2) is 4.99 Å². The van der Waals surface area contributed by atoms with E-state index in [9.17, 15) is 4.79 Å². The van der Waals surface area contributed by atoms with Crippen molar-refractivity contribution in [3.8, 4) is 0 Å². The molecule has 1 unspecified atom stereocenters. The summed E-state index contributed by atoms with van der Waals surface area (Å²) in [5.74, 6) is 2.70. The lowest BCUT2D eigenvalue weighted by Crippen LogP contribution is -2.49. The highest BCUT2D eigenvalue weighted by molar-refractivity contribution is 14.0. The van der Waals surface area contributed by atoms with Gasteiger partial charge in [0, 0.05) is 45.6 Å². The molecule has 0 fully saturated rings. The second-order valence-electron chi connectivity index (χ2n) is 8.33. The average molecular weight is 535 g/mol. The van der Waals surface area contributed by atoms with Crippen LogP contribution in [0.4, 0.5) is 4.79 Å². The van der Waals surface area contributed by atoms with Gasteiger partial charge in [-0.2, -0.15) is 5.10 Å². The van der Waals surface area contributed by atoms with Gasteiger partial charge < -0.3 is 20.3 Å². The van der Waals surface area contributed by atoms with Crippen molar-refractivity contribution < 1.29 is 9.53 Å². The molecule has 172 valence electrons. The molecule has 0 saturated carbocycles. The van der Waals surface area contributed by atoms with Crippen molar-refractivity contribution in [2.45, 2.75) is 78.5 Å². The first-order valence-corrected chi connectivity index (χ1v) is 10.6. The molecular formula is C20H38IN7O2. The van der Waals surface area contributed by atoms with Gasteiger partial charge in [0.05, 0.1) is 6.54 Å². The van der Waals surface area contributed by atoms with Crippen LogP contribution in [0.2, 0.25) is 0 Å². The van der Waals surface area contributed by atoms with Crippen molar-refractivity contribution in [1.82, 2.24) is 30.3 Å². The standard InChI is InChI=1S/C20H37N7O2.HI/c1-7-12-26(19(28)29-20(3,4)5)13-11-22-18(21-6)23-15-9-10-17-24-16(8-2)25-27(17)14-15;/h15H,7-14H2,1-6H3,(H2,21,22,23);1H. The summed E-state index contributed by atoms with van der Waals surface area (Å²) in [6, 6.07) is 0.248. The third-order valence-corrected chi connectivity index (χ3v) is 4.60. The number of amides is 1. The Morgan fingerprint density at radius 1 is 1.33 bits per heavy atom. The van der Waals surface area contributed by atoms with E-state index in [1.807, 2.05) is 25.5 Å². The highest BCUT2D eigenvalue weighted by atomic mass is 127. The molecule has 10 heteroatoms. The van der Waals surface area contributed by atoms with Gasteiger partial charge in [-0.05, 0) is 33.6 Å². The number of carbonyl (C=O) groups excluding carboxylic acids is 1. The number of aromatic nitrogens is 3. The van der Waals surface area contributed by atoms with Gasteiger partial charge in [0.15, 0.2) is 11.8 Å². The third-order valence-electron chi connectivity index (χ3n) is 4.60. The fourth-order valence-electron chi connectivity index (χ4n) is 3.22. The van der Waals surface area contributed by atoms with E-state index in [0.717, 1.165) is 49.8 Å². The normalized spacial score (nSPS) is 16.3. The van der Waals surface area contributed by atoms with Crippen LogP contribution in [0.5, 0.6) is 0 Å². The van der Waals surface area contributed by atoms with Crippen molar-refractivity contribution >= 4 is 36.0 Å². The van der Waals surface area contributed by atoms with Gasteiger partial charge in [0.25, 0.3) is 0 Å². The highest BCUT2D eigenvalue weighted by Gasteiger charge is 2.23. The number of nitrogens with one attached hydrogen (secondary N) is 2. The van der Waals surface area contributed by atoms with Crippen LogP contribution in [0.3, 0.4) is 0 Å². The molecule has 0 aromatic carbocycles. The summed E-state index contributed by atoms with van der Waals surface area (Å²) in [6.07, 6.45) is 3.36. The summed E-state index contributed by atoms with van der Waals surface area (Å²) in [6.45, 7) is 12.4. The third kappa shape index (κ3) is 8.27. The van der Waals surface area contributed by atoms with E-state index >= 15 is 0 Å². The molecule has 1 aromatic rings. The van der Waals surface area contributed by atoms with E-state index < -0.39 is 5.60 Å². The maximum atomic E-state index is 12.4. The van der Waals surface area contributed by atoms with Crippen LogP contribution in [-0.2, 0) is 24.1 Å². The number of hydrogen-bond acceptors (Lipinski definition) is 5. The summed E-state index contributed by atoms with van der Waals surface area (Å²) in [5, 5.41) is 11.3. The summed E-state index contributed by atoms with van der Waals surface area (Å²) in [4.78, 5) is 23.0. The Morgan fingerprint density at radius 3 is 2.67 bits per heavy atom. The molecule has 2 N–H and O–H groups in total. The van der Waals surface area contributed by atoms with Gasteiger partial charge in [-0.15, -0.1) is 24.0 Å². The first-order valence-electron chi connectivity index (χ1n) is 10.6. The number of ether oxygens (including phenoxy) is 1. The molecule has 0 saturated heterocycles. The molecule has 1 aliphatic rings. The van der Waals surface area contributed by atoms with Crippen molar-refractivity contribution in [2.24, 2.45) is 4.99 Å². The number of carbonyl (C=O) groups is 1. The molecule has 0 spiro atoms. The SMILES string of the molecule is CCCN(CCNC(=NC)NC1CCc2nc(CC)nn2C1)C(=O)OC(C)(C)C.I. The molecule has 2 rings (SSSR count). The molecule has 0 bridgehead atoms. The van der Waals surface area contributed by atoms with Crippen molar-refractivity contribution in [1.29, 1.82) is 0 Å². The van der Waals surface area contributed by atoms with Crippen LogP contribution in [0.25, 0.3) is 0 Å². The smallest absolute Gasteiger partial charge is 0.410 e. The summed E-state index contributed by atoms with van der Waals surface area (Å²) in [5.41, 5.74) is -0.493. The number of halogens is 1. The lowest BCUT2D eigenvalue weighted by Gasteiger charge is -2.28. The molecule has 30 heavy (non-hydrogen) atoms. The molecular weight excluding hydrogens is 497 g/mol. The van der Waals surface area contributed by atoms with Crippen LogP contribution < -0.4 is 10.6 Å². The fraction of sp³-hybridized carbons (Fsp3) is 0.800. The molecule has 2 heterocycles. The zero-order valence-corrected chi connectivity index (χ0v) is 21.5. The Bertz CT molecular complexity index is 700. The fourth-order valence-corrected chi connectivity index (χ4v) is 3.22. The number of aliphatic imine (C=N–C) groups is 1. The second kappa shape index (κ2) is 12.3. The molecule has 1 aromatic heterocycles. The molecule has 1 aliphatic heterocycles. The van der Waals surface area contributed by atoms with E-state index in [-0.39, 0.29) is 36.1 Å². The van der Waals surface area contributed by atoms with Gasteiger partial charge in [-0.3, -0.25) is 4.99 Å². The Hall–Kier alpha value is -1.59. The van der Waals surface area contributed by atoms with E-state index in [1.165, 1.54) is 0 Å². The first-order chi connectivity index (χ1) is 13.8. The zero-order valence-electron chi connectivity index (χ0n) is 19.2. The Labute approximate surface area is 197 Å². The highest BCUT2D eigenvalue weighted by Crippen LogP contribution is 2.13. The summed E-state index contributed by atoms with van der Waals surface area (Å²) in [7, 11) is 1.76. The topological polar surface area (TPSA) is 96.7 Å². The van der Waals surface area contributed by atoms with Crippen molar-refractivity contribution in [2.75, 3.05) is 26.7 Å². The number of guanidine groups is 1. The average Bonchev–Trinajstić information content (AvgIpc) is 3.07. The van der Waals surface area contributed by atoms with E-state index in [4.69, 9.17) is 4.74 Å². The predicted molar refractivity (Wildman–Crippen MR) is 130 cm³/mol. The number of rotatable bonds is 7. The number of fused-ring (bicyclic) bond motifs is 1. The Balaban J connectivity index is 0.00000450. The molecule has 9 nitrogen and oxygen atoms in total. The Morgan fingerprint density at radius 2 is 2.07 bits per heavy atom. The second-order valence-corrected chi connectivity index (χ2v) is 8.33. The first kappa shape index (κ1) is 26.4. The monoisotopic (exact) mass is 535 g/mol. The number of nitrogens with zero attached hydrogens (tertiary/aromatic N) is 5. The van der Waals surface area contributed by atoms with Gasteiger partial charge in [0.2, 0.25) is 0 Å². The molecule has 0 aliphatic carbocycles. The van der Waals surface area contributed by atoms with Crippen LogP contribution in [0.1, 0.15) is 59.1 Å². The maximum Gasteiger partial charge on any atom is 0.410 e. The minimum absolute atomic E-state index is 0. The largest absolute Gasteiger partial charge is 0.444 e. The number of aryl methyl sites for hydroxylation is 2. The summed E-state index contributed by atoms with van der Waals surface area (Å²) < 4.78 is 7.50. The van der Waals surface area contributed by atoms with Crippen LogP contribution in [0, 0.1) is 0 Å². The van der Waals surface area contributed by atoms with E-state index in [2.05, 4.69) is 39.6 Å². The van der Waals surface area contributed by atoms with Crippen LogP contribution >= 0.6 is 24.0 Å². The van der Waals surface area contributed by atoms with Gasteiger partial charge in [-0.25, -0.2) is 14.5 Å². The predicted octanol–water partition coefficient (Wildman–Crippen LogP) is 2.59. The van der Waals surface area contributed by atoms with Crippen molar-refractivity contribution in [3.05, 3.63) is 11.6 Å². The van der Waals surface area contributed by atoms with Gasteiger partial charge >= 0.3 is 6.09 Å². The minimum atomic E-state index is -0.493.